The van der Waals surface area contributed by atoms with Crippen LogP contribution in [-0.4, -0.2) is 27.2 Å². The lowest BCUT2D eigenvalue weighted by Crippen LogP contribution is -2.38. The molecule has 0 spiro atoms. The lowest BCUT2D eigenvalue weighted by atomic mass is 10.2. The Balaban J connectivity index is 1.57. The van der Waals surface area contributed by atoms with Crippen molar-refractivity contribution in [3.63, 3.8) is 0 Å². The number of rotatable bonds is 6. The van der Waals surface area contributed by atoms with Gasteiger partial charge in [-0.25, -0.2) is 4.68 Å². The highest BCUT2D eigenvalue weighted by atomic mass is 16.5. The number of furan rings is 1. The van der Waals surface area contributed by atoms with Crippen LogP contribution in [0.5, 0.6) is 5.75 Å². The fraction of sp³-hybridized carbons (Fsp3) is 0.250. The summed E-state index contributed by atoms with van der Waals surface area (Å²) in [5, 5.41) is 7.10. The van der Waals surface area contributed by atoms with E-state index in [1.165, 1.54) is 11.0 Å². The number of nitrogens with one attached hydrogen (secondary N) is 1. The van der Waals surface area contributed by atoms with Crippen LogP contribution in [0.4, 0.5) is 0 Å². The van der Waals surface area contributed by atoms with Crippen molar-refractivity contribution in [2.45, 2.75) is 25.9 Å². The SMILES string of the molecule is CC[C@@H](C(=O)NCc1ccc(OC)cc1)n1ncn2c(cc3occc32)c1=O. The molecule has 3 aromatic heterocycles. The summed E-state index contributed by atoms with van der Waals surface area (Å²) in [5.74, 6) is 0.496. The second kappa shape index (κ2) is 7.22. The van der Waals surface area contributed by atoms with Gasteiger partial charge in [0.05, 0.1) is 18.9 Å². The van der Waals surface area contributed by atoms with Gasteiger partial charge in [-0.1, -0.05) is 19.1 Å². The molecule has 0 aliphatic rings. The average molecular weight is 380 g/mol. The van der Waals surface area contributed by atoms with E-state index >= 15 is 0 Å². The number of nitrogens with zero attached hydrogens (tertiary/aromatic N) is 3. The van der Waals surface area contributed by atoms with Crippen LogP contribution in [0.25, 0.3) is 16.6 Å². The van der Waals surface area contributed by atoms with E-state index in [4.69, 9.17) is 9.15 Å². The molecule has 4 rings (SSSR count). The molecule has 0 unspecified atom stereocenters. The topological polar surface area (TPSA) is 90.8 Å². The van der Waals surface area contributed by atoms with E-state index in [-0.39, 0.29) is 11.5 Å². The van der Waals surface area contributed by atoms with Gasteiger partial charge in [-0.3, -0.25) is 14.0 Å². The van der Waals surface area contributed by atoms with Gasteiger partial charge < -0.3 is 14.5 Å². The number of ether oxygens (including phenoxy) is 1. The standard InChI is InChI=1S/C20H20N4O4/c1-3-15(19(25)21-11-13-4-6-14(27-2)7-5-13)24-20(26)17-10-18-16(8-9-28-18)23(17)12-22-24/h4-10,12,15H,3,11H2,1-2H3,(H,21,25)/t15-/m0/s1. The van der Waals surface area contributed by atoms with Crippen molar-refractivity contribution in [3.05, 3.63) is 64.9 Å². The summed E-state index contributed by atoms with van der Waals surface area (Å²) >= 11 is 0. The molecule has 3 heterocycles. The maximum Gasteiger partial charge on any atom is 0.291 e. The lowest BCUT2D eigenvalue weighted by Gasteiger charge is -2.17. The van der Waals surface area contributed by atoms with Gasteiger partial charge in [0.25, 0.3) is 5.56 Å². The number of carbonyl (C=O) groups is 1. The van der Waals surface area contributed by atoms with E-state index in [0.717, 1.165) is 16.8 Å². The van der Waals surface area contributed by atoms with Crippen LogP contribution in [0.1, 0.15) is 24.9 Å². The molecule has 1 N–H and O–H groups in total. The first-order valence-electron chi connectivity index (χ1n) is 8.99. The third-order valence-corrected chi connectivity index (χ3v) is 4.79. The fourth-order valence-electron chi connectivity index (χ4n) is 3.25. The summed E-state index contributed by atoms with van der Waals surface area (Å²) in [6.07, 6.45) is 3.53. The second-order valence-electron chi connectivity index (χ2n) is 6.44. The minimum absolute atomic E-state index is 0.257. The van der Waals surface area contributed by atoms with E-state index in [0.29, 0.717) is 24.1 Å². The highest BCUT2D eigenvalue weighted by Crippen LogP contribution is 2.19. The van der Waals surface area contributed by atoms with Crippen molar-refractivity contribution in [1.29, 1.82) is 0 Å². The molecule has 0 fully saturated rings. The highest BCUT2D eigenvalue weighted by Gasteiger charge is 2.22. The molecule has 144 valence electrons. The molecular formula is C20H20N4O4. The van der Waals surface area contributed by atoms with Crippen LogP contribution >= 0.6 is 0 Å². The summed E-state index contributed by atoms with van der Waals surface area (Å²) in [4.78, 5) is 25.6. The Morgan fingerprint density at radius 2 is 2.04 bits per heavy atom. The maximum atomic E-state index is 12.9. The molecule has 0 bridgehead atoms. The van der Waals surface area contributed by atoms with Gasteiger partial charge in [0.2, 0.25) is 5.91 Å². The van der Waals surface area contributed by atoms with Gasteiger partial charge >= 0.3 is 0 Å². The van der Waals surface area contributed by atoms with E-state index in [2.05, 4.69) is 10.4 Å². The predicted octanol–water partition coefficient (Wildman–Crippen LogP) is 2.52. The van der Waals surface area contributed by atoms with Crippen LogP contribution in [0.15, 0.2) is 58.2 Å². The summed E-state index contributed by atoms with van der Waals surface area (Å²) in [6, 6.07) is 10.2. The van der Waals surface area contributed by atoms with Crippen molar-refractivity contribution >= 4 is 22.5 Å². The number of fused-ring (bicyclic) bond motifs is 3. The van der Waals surface area contributed by atoms with Crippen molar-refractivity contribution in [2.75, 3.05) is 7.11 Å². The van der Waals surface area contributed by atoms with Gasteiger partial charge in [-0.2, -0.15) is 5.10 Å². The van der Waals surface area contributed by atoms with Crippen molar-refractivity contribution in [3.8, 4) is 5.75 Å². The lowest BCUT2D eigenvalue weighted by molar-refractivity contribution is -0.125. The molecule has 1 atom stereocenters. The number of methoxy groups -OCH3 is 1. The normalized spacial score (nSPS) is 12.4. The zero-order chi connectivity index (χ0) is 19.7. The van der Waals surface area contributed by atoms with Crippen molar-refractivity contribution in [1.82, 2.24) is 19.5 Å². The molecule has 8 heteroatoms. The van der Waals surface area contributed by atoms with Crippen LogP contribution in [0.2, 0.25) is 0 Å². The summed E-state index contributed by atoms with van der Waals surface area (Å²) in [5.41, 5.74) is 2.40. The van der Waals surface area contributed by atoms with Crippen LogP contribution in [-0.2, 0) is 11.3 Å². The van der Waals surface area contributed by atoms with Gasteiger partial charge in [0, 0.05) is 18.7 Å². The largest absolute Gasteiger partial charge is 0.497 e. The number of carbonyl (C=O) groups excluding carboxylic acids is 1. The molecule has 1 amide bonds. The molecule has 28 heavy (non-hydrogen) atoms. The van der Waals surface area contributed by atoms with E-state index < -0.39 is 6.04 Å². The maximum absolute atomic E-state index is 12.9. The summed E-state index contributed by atoms with van der Waals surface area (Å²) < 4.78 is 13.4. The Morgan fingerprint density at radius 1 is 1.25 bits per heavy atom. The second-order valence-corrected chi connectivity index (χ2v) is 6.44. The van der Waals surface area contributed by atoms with Crippen LogP contribution in [0, 0.1) is 0 Å². The van der Waals surface area contributed by atoms with Crippen molar-refractivity contribution < 1.29 is 13.9 Å². The van der Waals surface area contributed by atoms with Gasteiger partial charge in [0.15, 0.2) is 5.58 Å². The third-order valence-electron chi connectivity index (χ3n) is 4.79. The third kappa shape index (κ3) is 3.02. The first kappa shape index (κ1) is 17.8. The minimum Gasteiger partial charge on any atom is -0.497 e. The fourth-order valence-corrected chi connectivity index (χ4v) is 3.25. The van der Waals surface area contributed by atoms with Crippen LogP contribution in [0.3, 0.4) is 0 Å². The average Bonchev–Trinajstić information content (AvgIpc) is 3.31. The molecule has 4 aromatic rings. The highest BCUT2D eigenvalue weighted by molar-refractivity contribution is 5.82. The molecule has 8 nitrogen and oxygen atoms in total. The molecule has 0 aliphatic heterocycles. The Kier molecular flexibility index (Phi) is 4.60. The van der Waals surface area contributed by atoms with Crippen molar-refractivity contribution in [2.24, 2.45) is 0 Å². The first-order valence-corrected chi connectivity index (χ1v) is 8.99. The van der Waals surface area contributed by atoms with Gasteiger partial charge in [0.1, 0.15) is 23.6 Å². The molecule has 0 saturated carbocycles. The number of aromatic nitrogens is 3. The van der Waals surface area contributed by atoms with E-state index in [1.807, 2.05) is 31.2 Å². The van der Waals surface area contributed by atoms with Gasteiger partial charge in [-0.15, -0.1) is 0 Å². The Hall–Kier alpha value is -3.55. The molecule has 0 saturated heterocycles. The smallest absolute Gasteiger partial charge is 0.291 e. The number of benzene rings is 1. The Labute approximate surface area is 160 Å². The minimum atomic E-state index is -0.697. The number of amides is 1. The zero-order valence-electron chi connectivity index (χ0n) is 15.6. The molecule has 0 aliphatic carbocycles. The number of hydrogen-bond donors (Lipinski definition) is 1. The van der Waals surface area contributed by atoms with Gasteiger partial charge in [-0.05, 0) is 24.1 Å². The monoisotopic (exact) mass is 380 g/mol. The van der Waals surface area contributed by atoms with E-state index in [9.17, 15) is 9.59 Å². The Morgan fingerprint density at radius 3 is 2.75 bits per heavy atom. The summed E-state index contributed by atoms with van der Waals surface area (Å²) in [7, 11) is 1.60. The number of hydrogen-bond acceptors (Lipinski definition) is 5. The summed E-state index contributed by atoms with van der Waals surface area (Å²) in [6.45, 7) is 2.20. The van der Waals surface area contributed by atoms with Crippen LogP contribution < -0.4 is 15.6 Å². The zero-order valence-corrected chi connectivity index (χ0v) is 15.6. The Bertz CT molecular complexity index is 1190. The molecule has 1 aromatic carbocycles. The molecular weight excluding hydrogens is 360 g/mol. The first-order chi connectivity index (χ1) is 13.6. The quantitative estimate of drug-likeness (QED) is 0.555. The predicted molar refractivity (Wildman–Crippen MR) is 103 cm³/mol. The van der Waals surface area contributed by atoms with E-state index in [1.54, 1.807) is 29.9 Å². The molecule has 0 radical (unpaired) electrons.